The average molecular weight is 288 g/mol. The first-order chi connectivity index (χ1) is 8.08. The van der Waals surface area contributed by atoms with Crippen LogP contribution in [0, 0.1) is 0 Å². The van der Waals surface area contributed by atoms with Crippen LogP contribution < -0.4 is 0 Å². The smallest absolute Gasteiger partial charge is 0.255 e. The van der Waals surface area contributed by atoms with Crippen LogP contribution in [-0.2, 0) is 0 Å². The molecular formula is C12H14ClNOS2. The molecule has 1 fully saturated rings. The maximum atomic E-state index is 12.3. The largest absolute Gasteiger partial charge is 0.337 e. The van der Waals surface area contributed by atoms with Crippen LogP contribution in [0.1, 0.15) is 17.3 Å². The monoisotopic (exact) mass is 287 g/mol. The predicted octanol–water partition coefficient (Wildman–Crippen LogP) is 3.21. The lowest BCUT2D eigenvalue weighted by atomic mass is 10.2. The van der Waals surface area contributed by atoms with Gasteiger partial charge in [-0.3, -0.25) is 4.79 Å². The number of rotatable bonds is 1. The number of halogens is 1. The van der Waals surface area contributed by atoms with Crippen molar-refractivity contribution in [3.8, 4) is 0 Å². The lowest BCUT2D eigenvalue weighted by Gasteiger charge is -2.30. The van der Waals surface area contributed by atoms with Gasteiger partial charge in [-0.25, -0.2) is 0 Å². The molecule has 1 heterocycles. The third-order valence-corrected chi connectivity index (χ3v) is 4.45. The van der Waals surface area contributed by atoms with Gasteiger partial charge < -0.3 is 4.90 Å². The first-order valence-corrected chi connectivity index (χ1v) is 7.34. The molecule has 1 aliphatic heterocycles. The molecule has 1 aromatic carbocycles. The summed E-state index contributed by atoms with van der Waals surface area (Å²) in [7, 11) is 0. The van der Waals surface area contributed by atoms with Gasteiger partial charge in [0.15, 0.2) is 0 Å². The highest BCUT2D eigenvalue weighted by atomic mass is 35.5. The van der Waals surface area contributed by atoms with E-state index in [1.165, 1.54) is 0 Å². The summed E-state index contributed by atoms with van der Waals surface area (Å²) >= 11 is 12.2. The minimum absolute atomic E-state index is 0.0121. The van der Waals surface area contributed by atoms with Crippen molar-refractivity contribution in [3.63, 3.8) is 0 Å². The van der Waals surface area contributed by atoms with Crippen LogP contribution in [0.2, 0.25) is 5.02 Å². The average Bonchev–Trinajstić information content (AvgIpc) is 2.31. The summed E-state index contributed by atoms with van der Waals surface area (Å²) in [5, 5.41) is 0.990. The summed E-state index contributed by atoms with van der Waals surface area (Å²) in [6.45, 7) is 3.72. The van der Waals surface area contributed by atoms with Crippen LogP contribution in [-0.4, -0.2) is 34.9 Å². The van der Waals surface area contributed by atoms with Crippen molar-refractivity contribution in [1.29, 1.82) is 0 Å². The van der Waals surface area contributed by atoms with Gasteiger partial charge in [0.05, 0.1) is 10.6 Å². The molecule has 1 aliphatic rings. The number of carbonyl (C=O) groups excluding carboxylic acids is 1. The Morgan fingerprint density at radius 2 is 2.35 bits per heavy atom. The molecule has 1 amide bonds. The molecule has 0 radical (unpaired) electrons. The fourth-order valence-electron chi connectivity index (χ4n) is 1.85. The molecular weight excluding hydrogens is 274 g/mol. The maximum absolute atomic E-state index is 12.3. The van der Waals surface area contributed by atoms with Crippen molar-refractivity contribution < 1.29 is 4.79 Å². The van der Waals surface area contributed by atoms with E-state index in [0.717, 1.165) is 23.7 Å². The first-order valence-electron chi connectivity index (χ1n) is 5.47. The molecule has 1 atom stereocenters. The van der Waals surface area contributed by atoms with E-state index in [1.54, 1.807) is 18.2 Å². The van der Waals surface area contributed by atoms with Crippen LogP contribution in [0.25, 0.3) is 0 Å². The number of thioether (sulfide) groups is 1. The highest BCUT2D eigenvalue weighted by Gasteiger charge is 2.23. The van der Waals surface area contributed by atoms with Gasteiger partial charge in [0.25, 0.3) is 5.91 Å². The van der Waals surface area contributed by atoms with Gasteiger partial charge in [-0.05, 0) is 18.2 Å². The Bertz CT molecular complexity index is 439. The summed E-state index contributed by atoms with van der Waals surface area (Å²) in [5.41, 5.74) is 0.554. The first kappa shape index (κ1) is 13.1. The molecule has 1 saturated heterocycles. The summed E-state index contributed by atoms with van der Waals surface area (Å²) in [4.78, 5) is 14.9. The van der Waals surface area contributed by atoms with Crippen molar-refractivity contribution >= 4 is 41.9 Å². The fourth-order valence-corrected chi connectivity index (χ4v) is 3.27. The highest BCUT2D eigenvalue weighted by Crippen LogP contribution is 2.24. The molecule has 92 valence electrons. The zero-order valence-electron chi connectivity index (χ0n) is 9.52. The van der Waals surface area contributed by atoms with Gasteiger partial charge in [0.2, 0.25) is 0 Å². The summed E-state index contributed by atoms with van der Waals surface area (Å²) in [6.07, 6.45) is 0. The van der Waals surface area contributed by atoms with Crippen molar-refractivity contribution in [2.75, 3.05) is 18.8 Å². The standard InChI is InChI=1S/C12H14ClNOS2/c1-8-7-14(4-5-17-8)12(15)10-6-9(16)2-3-11(10)13/h2-3,6,8,16H,4-5,7H2,1H3. The number of nitrogens with zero attached hydrogens (tertiary/aromatic N) is 1. The number of thiol groups is 1. The number of hydrogen-bond donors (Lipinski definition) is 1. The zero-order valence-corrected chi connectivity index (χ0v) is 12.0. The summed E-state index contributed by atoms with van der Waals surface area (Å²) < 4.78 is 0. The van der Waals surface area contributed by atoms with Gasteiger partial charge >= 0.3 is 0 Å². The van der Waals surface area contributed by atoms with E-state index in [1.807, 2.05) is 16.7 Å². The maximum Gasteiger partial charge on any atom is 0.255 e. The Labute approximate surface area is 116 Å². The highest BCUT2D eigenvalue weighted by molar-refractivity contribution is 7.99. The molecule has 0 spiro atoms. The topological polar surface area (TPSA) is 20.3 Å². The van der Waals surface area contributed by atoms with Crippen LogP contribution in [0.5, 0.6) is 0 Å². The molecule has 2 nitrogen and oxygen atoms in total. The Kier molecular flexibility index (Phi) is 4.28. The molecule has 1 unspecified atom stereocenters. The summed E-state index contributed by atoms with van der Waals surface area (Å²) in [5.74, 6) is 1.00. The van der Waals surface area contributed by atoms with Crippen LogP contribution in [0.4, 0.5) is 0 Å². The quantitative estimate of drug-likeness (QED) is 0.801. The van der Waals surface area contributed by atoms with E-state index in [0.29, 0.717) is 15.8 Å². The van der Waals surface area contributed by atoms with Gasteiger partial charge in [-0.1, -0.05) is 18.5 Å². The third kappa shape index (κ3) is 3.12. The lowest BCUT2D eigenvalue weighted by molar-refractivity contribution is 0.0763. The molecule has 0 aliphatic carbocycles. The Morgan fingerprint density at radius 3 is 3.06 bits per heavy atom. The second-order valence-electron chi connectivity index (χ2n) is 4.10. The van der Waals surface area contributed by atoms with Gasteiger partial charge in [0.1, 0.15) is 0 Å². The second kappa shape index (κ2) is 5.55. The Morgan fingerprint density at radius 1 is 1.59 bits per heavy atom. The molecule has 0 N–H and O–H groups in total. The van der Waals surface area contributed by atoms with E-state index in [-0.39, 0.29) is 5.91 Å². The molecule has 5 heteroatoms. The molecule has 0 aromatic heterocycles. The van der Waals surface area contributed by atoms with Crippen LogP contribution in [0.3, 0.4) is 0 Å². The molecule has 2 rings (SSSR count). The van der Waals surface area contributed by atoms with Gasteiger partial charge in [-0.15, -0.1) is 12.6 Å². The minimum atomic E-state index is 0.0121. The molecule has 17 heavy (non-hydrogen) atoms. The van der Waals surface area contributed by atoms with Crippen molar-refractivity contribution in [2.24, 2.45) is 0 Å². The number of amides is 1. The number of hydrogen-bond acceptors (Lipinski definition) is 3. The van der Waals surface area contributed by atoms with E-state index < -0.39 is 0 Å². The number of benzene rings is 1. The van der Waals surface area contributed by atoms with Crippen molar-refractivity contribution in [1.82, 2.24) is 4.90 Å². The van der Waals surface area contributed by atoms with E-state index in [2.05, 4.69) is 19.6 Å². The Hall–Kier alpha value is -0.320. The van der Waals surface area contributed by atoms with Crippen molar-refractivity contribution in [3.05, 3.63) is 28.8 Å². The lowest BCUT2D eigenvalue weighted by Crippen LogP contribution is -2.41. The van der Waals surface area contributed by atoms with Crippen molar-refractivity contribution in [2.45, 2.75) is 17.1 Å². The summed E-state index contributed by atoms with van der Waals surface area (Å²) in [6, 6.07) is 5.25. The van der Waals surface area contributed by atoms with E-state index in [9.17, 15) is 4.79 Å². The van der Waals surface area contributed by atoms with E-state index in [4.69, 9.17) is 11.6 Å². The zero-order chi connectivity index (χ0) is 12.4. The van der Waals surface area contributed by atoms with Crippen LogP contribution in [0.15, 0.2) is 23.1 Å². The Balaban J connectivity index is 2.21. The van der Waals surface area contributed by atoms with Gasteiger partial charge in [0, 0.05) is 29.0 Å². The minimum Gasteiger partial charge on any atom is -0.337 e. The predicted molar refractivity (Wildman–Crippen MR) is 76.5 cm³/mol. The van der Waals surface area contributed by atoms with Crippen LogP contribution >= 0.6 is 36.0 Å². The third-order valence-electron chi connectivity index (χ3n) is 2.71. The molecule has 0 bridgehead atoms. The fraction of sp³-hybridized carbons (Fsp3) is 0.417. The normalized spacial score (nSPS) is 20.4. The van der Waals surface area contributed by atoms with Gasteiger partial charge in [-0.2, -0.15) is 11.8 Å². The number of carbonyl (C=O) groups is 1. The van der Waals surface area contributed by atoms with E-state index >= 15 is 0 Å². The SMILES string of the molecule is CC1CN(C(=O)c2cc(S)ccc2Cl)CCS1. The second-order valence-corrected chi connectivity index (χ2v) is 6.57. The molecule has 1 aromatic rings. The molecule has 0 saturated carbocycles.